The summed E-state index contributed by atoms with van der Waals surface area (Å²) in [6, 6.07) is 6.75. The number of aliphatic hydroxyl groups is 1. The second kappa shape index (κ2) is 6.71. The highest BCUT2D eigenvalue weighted by molar-refractivity contribution is 5.92. The molecular weight excluding hydrogens is 352 g/mol. The first kappa shape index (κ1) is 17.9. The Bertz CT molecular complexity index is 892. The molecule has 0 spiro atoms. The van der Waals surface area contributed by atoms with E-state index in [0.717, 1.165) is 37.2 Å². The Labute approximate surface area is 165 Å². The van der Waals surface area contributed by atoms with Gasteiger partial charge in [-0.3, -0.25) is 9.69 Å². The minimum atomic E-state index is -0.892. The Morgan fingerprint density at radius 1 is 1.25 bits per heavy atom. The third kappa shape index (κ3) is 3.05. The average molecular weight is 380 g/mol. The van der Waals surface area contributed by atoms with Crippen LogP contribution in [0.2, 0.25) is 0 Å². The lowest BCUT2D eigenvalue weighted by Gasteiger charge is -2.43. The van der Waals surface area contributed by atoms with E-state index in [1.54, 1.807) is 6.20 Å². The average Bonchev–Trinajstić information content (AvgIpc) is 3.35. The van der Waals surface area contributed by atoms with Crippen molar-refractivity contribution >= 4 is 11.6 Å². The Hall–Kier alpha value is -2.18. The molecule has 2 N–H and O–H groups in total. The highest BCUT2D eigenvalue weighted by Crippen LogP contribution is 2.45. The zero-order valence-electron chi connectivity index (χ0n) is 16.4. The van der Waals surface area contributed by atoms with Gasteiger partial charge < -0.3 is 15.0 Å². The van der Waals surface area contributed by atoms with E-state index < -0.39 is 5.60 Å². The molecule has 6 heteroatoms. The lowest BCUT2D eigenvalue weighted by atomic mass is 9.85. The van der Waals surface area contributed by atoms with Crippen molar-refractivity contribution in [3.05, 3.63) is 47.5 Å². The monoisotopic (exact) mass is 380 g/mol. The third-order valence-electron chi connectivity index (χ3n) is 6.86. The van der Waals surface area contributed by atoms with Crippen LogP contribution in [-0.4, -0.2) is 44.1 Å². The van der Waals surface area contributed by atoms with Gasteiger partial charge in [0.1, 0.15) is 11.4 Å². The summed E-state index contributed by atoms with van der Waals surface area (Å²) in [5.41, 5.74) is 2.80. The summed E-state index contributed by atoms with van der Waals surface area (Å²) in [5, 5.41) is 14.3. The fourth-order valence-corrected chi connectivity index (χ4v) is 5.59. The molecule has 0 saturated carbocycles. The smallest absolute Gasteiger partial charge is 0.238 e. The van der Waals surface area contributed by atoms with E-state index in [0.29, 0.717) is 19.4 Å². The van der Waals surface area contributed by atoms with Crippen molar-refractivity contribution in [2.45, 2.75) is 62.6 Å². The first-order valence-electron chi connectivity index (χ1n) is 10.4. The minimum absolute atomic E-state index is 0.0391. The zero-order valence-corrected chi connectivity index (χ0v) is 16.4. The predicted octanol–water partition coefficient (Wildman–Crippen LogP) is 2.36. The van der Waals surface area contributed by atoms with Gasteiger partial charge in [-0.05, 0) is 68.2 Å². The minimum Gasteiger partial charge on any atom is -0.382 e. The quantitative estimate of drug-likeness (QED) is 0.854. The molecule has 6 nitrogen and oxygen atoms in total. The molecular formula is C22H28N4O2. The zero-order chi connectivity index (χ0) is 19.3. The van der Waals surface area contributed by atoms with Crippen LogP contribution < -0.4 is 5.32 Å². The predicted molar refractivity (Wildman–Crippen MR) is 107 cm³/mol. The van der Waals surface area contributed by atoms with E-state index in [1.807, 2.05) is 23.9 Å². The number of rotatable bonds is 4. The normalized spacial score (nSPS) is 29.1. The molecule has 1 aliphatic carbocycles. The molecule has 2 fully saturated rings. The van der Waals surface area contributed by atoms with Gasteiger partial charge in [-0.2, -0.15) is 0 Å². The number of benzene rings is 1. The highest BCUT2D eigenvalue weighted by Gasteiger charge is 2.50. The van der Waals surface area contributed by atoms with Crippen molar-refractivity contribution in [1.82, 2.24) is 14.5 Å². The lowest BCUT2D eigenvalue weighted by Crippen LogP contribution is -2.52. The van der Waals surface area contributed by atoms with Crippen molar-refractivity contribution < 1.29 is 9.90 Å². The van der Waals surface area contributed by atoms with Crippen LogP contribution in [0.25, 0.3) is 0 Å². The Balaban J connectivity index is 1.26. The number of nitrogens with zero attached hydrogens (tertiary/aromatic N) is 3. The lowest BCUT2D eigenvalue weighted by molar-refractivity contribution is -0.121. The number of aromatic nitrogens is 2. The maximum atomic E-state index is 12.7. The molecule has 2 bridgehead atoms. The van der Waals surface area contributed by atoms with E-state index in [2.05, 4.69) is 27.3 Å². The summed E-state index contributed by atoms with van der Waals surface area (Å²) >= 11 is 0. The molecule has 2 aliphatic heterocycles. The molecule has 1 aromatic carbocycles. The van der Waals surface area contributed by atoms with Gasteiger partial charge in [0, 0.05) is 37.2 Å². The van der Waals surface area contributed by atoms with Gasteiger partial charge in [0.05, 0.1) is 6.54 Å². The standard InChI is InChI=1S/C22H28N4O2/c1-25-10-9-23-21(25)22(28)12-18-7-8-19(13-22)26(18)14-20(27)24-17-6-5-15-3-2-4-16(15)11-17/h5-6,9-11,18-19,28H,2-4,7-8,12-14H2,1H3,(H,24,27)/t18-,19+,22?. The van der Waals surface area contributed by atoms with E-state index in [4.69, 9.17) is 0 Å². The highest BCUT2D eigenvalue weighted by atomic mass is 16.3. The maximum Gasteiger partial charge on any atom is 0.238 e. The van der Waals surface area contributed by atoms with Crippen molar-refractivity contribution in [3.63, 3.8) is 0 Å². The van der Waals surface area contributed by atoms with Crippen LogP contribution >= 0.6 is 0 Å². The molecule has 3 heterocycles. The van der Waals surface area contributed by atoms with Crippen LogP contribution in [0.1, 0.15) is 49.1 Å². The van der Waals surface area contributed by atoms with E-state index in [-0.39, 0.29) is 18.0 Å². The molecule has 0 radical (unpaired) electrons. The summed E-state index contributed by atoms with van der Waals surface area (Å²) in [4.78, 5) is 19.4. The number of hydrogen-bond acceptors (Lipinski definition) is 4. The number of amides is 1. The van der Waals surface area contributed by atoms with Crippen molar-refractivity contribution in [3.8, 4) is 0 Å². The SMILES string of the molecule is Cn1ccnc1C1(O)C[C@H]2CC[C@@H](C1)N2CC(=O)Nc1ccc2c(c1)CCC2. The number of fused-ring (bicyclic) bond motifs is 3. The van der Waals surface area contributed by atoms with E-state index >= 15 is 0 Å². The number of piperidine rings is 1. The number of anilines is 1. The molecule has 148 valence electrons. The topological polar surface area (TPSA) is 70.4 Å². The third-order valence-corrected chi connectivity index (χ3v) is 6.86. The summed E-state index contributed by atoms with van der Waals surface area (Å²) < 4.78 is 1.91. The van der Waals surface area contributed by atoms with E-state index in [1.165, 1.54) is 17.5 Å². The van der Waals surface area contributed by atoms with E-state index in [9.17, 15) is 9.90 Å². The Kier molecular flexibility index (Phi) is 4.29. The number of nitrogens with one attached hydrogen (secondary N) is 1. The van der Waals surface area contributed by atoms with Crippen molar-refractivity contribution in [1.29, 1.82) is 0 Å². The molecule has 3 aliphatic rings. The van der Waals surface area contributed by atoms with Crippen LogP contribution in [0, 0.1) is 0 Å². The Morgan fingerprint density at radius 2 is 2.00 bits per heavy atom. The second-order valence-corrected chi connectivity index (χ2v) is 8.74. The fraction of sp³-hybridized carbons (Fsp3) is 0.545. The fourth-order valence-electron chi connectivity index (χ4n) is 5.59. The molecule has 1 amide bonds. The van der Waals surface area contributed by atoms with Crippen LogP contribution in [0.5, 0.6) is 0 Å². The number of hydrogen-bond donors (Lipinski definition) is 2. The number of carbonyl (C=O) groups is 1. The van der Waals surface area contributed by atoms with Gasteiger partial charge in [-0.1, -0.05) is 6.07 Å². The van der Waals surface area contributed by atoms with Crippen LogP contribution in [-0.2, 0) is 30.3 Å². The summed E-state index contributed by atoms with van der Waals surface area (Å²) in [7, 11) is 1.93. The number of aryl methyl sites for hydroxylation is 3. The molecule has 28 heavy (non-hydrogen) atoms. The van der Waals surface area contributed by atoms with Crippen molar-refractivity contribution in [2.75, 3.05) is 11.9 Å². The molecule has 1 aromatic heterocycles. The first-order valence-corrected chi connectivity index (χ1v) is 10.4. The van der Waals surface area contributed by atoms with Crippen LogP contribution in [0.3, 0.4) is 0 Å². The summed E-state index contributed by atoms with van der Waals surface area (Å²) in [5.74, 6) is 0.781. The number of imidazole rings is 1. The summed E-state index contributed by atoms with van der Waals surface area (Å²) in [6.07, 6.45) is 10.4. The molecule has 1 unspecified atom stereocenters. The van der Waals surface area contributed by atoms with Gasteiger partial charge in [0.25, 0.3) is 0 Å². The van der Waals surface area contributed by atoms with Crippen molar-refractivity contribution in [2.24, 2.45) is 7.05 Å². The van der Waals surface area contributed by atoms with Gasteiger partial charge in [-0.15, -0.1) is 0 Å². The molecule has 3 atom stereocenters. The Morgan fingerprint density at radius 3 is 2.71 bits per heavy atom. The van der Waals surface area contributed by atoms with Crippen LogP contribution in [0.15, 0.2) is 30.6 Å². The van der Waals surface area contributed by atoms with Gasteiger partial charge >= 0.3 is 0 Å². The number of carbonyl (C=O) groups excluding carboxylic acids is 1. The van der Waals surface area contributed by atoms with Gasteiger partial charge in [0.2, 0.25) is 5.91 Å². The molecule has 2 saturated heterocycles. The van der Waals surface area contributed by atoms with Crippen LogP contribution in [0.4, 0.5) is 5.69 Å². The van der Waals surface area contributed by atoms with Gasteiger partial charge in [0.15, 0.2) is 0 Å². The first-order chi connectivity index (χ1) is 13.5. The molecule has 5 rings (SSSR count). The second-order valence-electron chi connectivity index (χ2n) is 8.74. The van der Waals surface area contributed by atoms with Gasteiger partial charge in [-0.25, -0.2) is 4.98 Å². The maximum absolute atomic E-state index is 12.7. The molecule has 2 aromatic rings. The summed E-state index contributed by atoms with van der Waals surface area (Å²) in [6.45, 7) is 0.392. The largest absolute Gasteiger partial charge is 0.382 e.